The number of nitrogens with zero attached hydrogens (tertiary/aromatic N) is 2. The van der Waals surface area contributed by atoms with E-state index >= 15 is 0 Å². The smallest absolute Gasteiger partial charge is 0.414 e. The fourth-order valence-electron chi connectivity index (χ4n) is 2.86. The zero-order chi connectivity index (χ0) is 15.0. The lowest BCUT2D eigenvalue weighted by atomic mass is 10.1. The predicted molar refractivity (Wildman–Crippen MR) is 79.5 cm³/mol. The summed E-state index contributed by atoms with van der Waals surface area (Å²) in [4.78, 5) is 27.3. The summed E-state index contributed by atoms with van der Waals surface area (Å²) in [5.41, 5.74) is 8.23. The number of ether oxygens (including phenoxy) is 1. The van der Waals surface area contributed by atoms with Crippen LogP contribution in [0.1, 0.15) is 18.9 Å². The molecule has 1 atom stereocenters. The van der Waals surface area contributed by atoms with Gasteiger partial charge in [-0.2, -0.15) is 0 Å². The van der Waals surface area contributed by atoms with Crippen molar-refractivity contribution in [3.05, 3.63) is 23.8 Å². The molecule has 3 rings (SSSR count). The molecule has 1 fully saturated rings. The number of fused-ring (bicyclic) bond motifs is 1. The largest absolute Gasteiger partial charge is 0.443 e. The first-order valence-electron chi connectivity index (χ1n) is 7.25. The predicted octanol–water partition coefficient (Wildman–Crippen LogP) is 1.27. The number of nitrogens with two attached hydrogens (primary N) is 1. The van der Waals surface area contributed by atoms with Crippen LogP contribution in [0.15, 0.2) is 18.2 Å². The lowest BCUT2D eigenvalue weighted by Gasteiger charge is -2.18. The lowest BCUT2D eigenvalue weighted by molar-refractivity contribution is -0.117. The first kappa shape index (κ1) is 13.9. The number of anilines is 2. The Bertz CT molecular complexity index is 588. The SMILES string of the molecule is CCCN1C(=O)Cc2cc(N3CC(CN)OC3=O)ccc21. The Morgan fingerprint density at radius 1 is 1.38 bits per heavy atom. The third kappa shape index (κ3) is 2.35. The van der Waals surface area contributed by atoms with Crippen molar-refractivity contribution < 1.29 is 14.3 Å². The van der Waals surface area contributed by atoms with Crippen molar-refractivity contribution in [1.82, 2.24) is 0 Å². The Morgan fingerprint density at radius 3 is 2.86 bits per heavy atom. The average molecular weight is 289 g/mol. The van der Waals surface area contributed by atoms with E-state index in [1.54, 1.807) is 4.90 Å². The molecule has 0 radical (unpaired) electrons. The van der Waals surface area contributed by atoms with Crippen molar-refractivity contribution in [3.8, 4) is 0 Å². The van der Waals surface area contributed by atoms with Gasteiger partial charge >= 0.3 is 6.09 Å². The van der Waals surface area contributed by atoms with Crippen LogP contribution in [0.5, 0.6) is 0 Å². The second-order valence-electron chi connectivity index (χ2n) is 5.39. The molecule has 0 saturated carbocycles. The molecule has 6 nitrogen and oxygen atoms in total. The summed E-state index contributed by atoms with van der Waals surface area (Å²) in [5, 5.41) is 0. The second-order valence-corrected chi connectivity index (χ2v) is 5.39. The number of amides is 2. The van der Waals surface area contributed by atoms with Crippen molar-refractivity contribution in [2.75, 3.05) is 29.4 Å². The minimum atomic E-state index is -0.375. The lowest BCUT2D eigenvalue weighted by Crippen LogP contribution is -2.27. The van der Waals surface area contributed by atoms with Crippen LogP contribution < -0.4 is 15.5 Å². The van der Waals surface area contributed by atoms with E-state index in [1.807, 2.05) is 30.0 Å². The van der Waals surface area contributed by atoms with Gasteiger partial charge in [0.2, 0.25) is 5.91 Å². The zero-order valence-electron chi connectivity index (χ0n) is 12.0. The van der Waals surface area contributed by atoms with E-state index in [1.165, 1.54) is 0 Å². The van der Waals surface area contributed by atoms with Gasteiger partial charge in [0.1, 0.15) is 6.10 Å². The molecule has 112 valence electrons. The number of carbonyl (C=O) groups excluding carboxylic acids is 2. The Labute approximate surface area is 123 Å². The first-order valence-corrected chi connectivity index (χ1v) is 7.25. The van der Waals surface area contributed by atoms with Crippen LogP contribution in [0.3, 0.4) is 0 Å². The van der Waals surface area contributed by atoms with Gasteiger partial charge in [-0.05, 0) is 30.2 Å². The molecular weight excluding hydrogens is 270 g/mol. The molecule has 2 aliphatic heterocycles. The van der Waals surface area contributed by atoms with Crippen LogP contribution >= 0.6 is 0 Å². The van der Waals surface area contributed by atoms with Gasteiger partial charge in [0.05, 0.1) is 13.0 Å². The highest BCUT2D eigenvalue weighted by molar-refractivity contribution is 6.02. The molecule has 0 aromatic heterocycles. The van der Waals surface area contributed by atoms with Gasteiger partial charge in [-0.15, -0.1) is 0 Å². The van der Waals surface area contributed by atoms with Crippen molar-refractivity contribution in [2.45, 2.75) is 25.9 Å². The van der Waals surface area contributed by atoms with E-state index < -0.39 is 0 Å². The molecule has 2 aliphatic rings. The standard InChI is InChI=1S/C15H19N3O3/c1-2-5-17-13-4-3-11(6-10(13)7-14(17)19)18-9-12(8-16)21-15(18)20/h3-4,6,12H,2,5,7-9,16H2,1H3. The fraction of sp³-hybridized carbons (Fsp3) is 0.467. The number of carbonyl (C=O) groups is 2. The molecule has 1 aromatic carbocycles. The number of benzene rings is 1. The maximum atomic E-state index is 12.0. The summed E-state index contributed by atoms with van der Waals surface area (Å²) in [6, 6.07) is 5.68. The maximum Gasteiger partial charge on any atom is 0.414 e. The van der Waals surface area contributed by atoms with E-state index in [4.69, 9.17) is 10.5 Å². The van der Waals surface area contributed by atoms with E-state index in [2.05, 4.69) is 0 Å². The van der Waals surface area contributed by atoms with Crippen LogP contribution in [0.2, 0.25) is 0 Å². The summed E-state index contributed by atoms with van der Waals surface area (Å²) >= 11 is 0. The highest BCUT2D eigenvalue weighted by Crippen LogP contribution is 2.33. The van der Waals surface area contributed by atoms with Crippen molar-refractivity contribution in [3.63, 3.8) is 0 Å². The molecule has 0 aliphatic carbocycles. The molecule has 2 heterocycles. The molecule has 6 heteroatoms. The van der Waals surface area contributed by atoms with Crippen LogP contribution in [0.25, 0.3) is 0 Å². The maximum absolute atomic E-state index is 12.0. The Morgan fingerprint density at radius 2 is 2.19 bits per heavy atom. The third-order valence-electron chi connectivity index (χ3n) is 3.89. The van der Waals surface area contributed by atoms with Crippen LogP contribution in [0.4, 0.5) is 16.2 Å². The molecule has 0 spiro atoms. The molecule has 1 unspecified atom stereocenters. The van der Waals surface area contributed by atoms with Gasteiger partial charge in [-0.1, -0.05) is 6.92 Å². The van der Waals surface area contributed by atoms with Gasteiger partial charge in [0, 0.05) is 24.5 Å². The highest BCUT2D eigenvalue weighted by Gasteiger charge is 2.33. The minimum absolute atomic E-state index is 0.118. The summed E-state index contributed by atoms with van der Waals surface area (Å²) in [6.07, 6.45) is 0.680. The van der Waals surface area contributed by atoms with E-state index in [0.717, 1.165) is 29.9 Å². The van der Waals surface area contributed by atoms with Crippen molar-refractivity contribution in [1.29, 1.82) is 0 Å². The quantitative estimate of drug-likeness (QED) is 0.905. The normalized spacial score (nSPS) is 21.0. The average Bonchev–Trinajstić information content (AvgIpc) is 2.99. The van der Waals surface area contributed by atoms with E-state index in [-0.39, 0.29) is 18.1 Å². The zero-order valence-corrected chi connectivity index (χ0v) is 12.0. The summed E-state index contributed by atoms with van der Waals surface area (Å²) in [5.74, 6) is 0.118. The first-order chi connectivity index (χ1) is 10.1. The van der Waals surface area contributed by atoms with Gasteiger partial charge in [-0.3, -0.25) is 9.69 Å². The Kier molecular flexibility index (Phi) is 3.55. The van der Waals surface area contributed by atoms with E-state index in [9.17, 15) is 9.59 Å². The summed E-state index contributed by atoms with van der Waals surface area (Å²) in [7, 11) is 0. The van der Waals surface area contributed by atoms with Crippen molar-refractivity contribution >= 4 is 23.4 Å². The van der Waals surface area contributed by atoms with Crippen LogP contribution in [-0.2, 0) is 16.0 Å². The molecule has 2 N–H and O–H groups in total. The molecule has 1 aromatic rings. The second kappa shape index (κ2) is 5.37. The van der Waals surface area contributed by atoms with Crippen LogP contribution in [0, 0.1) is 0 Å². The van der Waals surface area contributed by atoms with Gasteiger partial charge in [0.15, 0.2) is 0 Å². The number of hydrogen-bond donors (Lipinski definition) is 1. The summed E-state index contributed by atoms with van der Waals surface area (Å²) in [6.45, 7) is 3.55. The van der Waals surface area contributed by atoms with Crippen LogP contribution in [-0.4, -0.2) is 37.7 Å². The topological polar surface area (TPSA) is 75.9 Å². The fourth-order valence-corrected chi connectivity index (χ4v) is 2.86. The minimum Gasteiger partial charge on any atom is -0.443 e. The number of cyclic esters (lactones) is 1. The monoisotopic (exact) mass is 289 g/mol. The molecule has 1 saturated heterocycles. The van der Waals surface area contributed by atoms with E-state index in [0.29, 0.717) is 19.5 Å². The number of rotatable bonds is 4. The molecule has 21 heavy (non-hydrogen) atoms. The van der Waals surface area contributed by atoms with Gasteiger partial charge in [0.25, 0.3) is 0 Å². The van der Waals surface area contributed by atoms with Crippen molar-refractivity contribution in [2.24, 2.45) is 5.73 Å². The van der Waals surface area contributed by atoms with Gasteiger partial charge in [-0.25, -0.2) is 4.79 Å². The molecular formula is C15H19N3O3. The summed E-state index contributed by atoms with van der Waals surface area (Å²) < 4.78 is 5.16. The number of hydrogen-bond acceptors (Lipinski definition) is 4. The van der Waals surface area contributed by atoms with Gasteiger partial charge < -0.3 is 15.4 Å². The molecule has 0 bridgehead atoms. The molecule has 2 amide bonds. The Hall–Kier alpha value is -2.08. The Balaban J connectivity index is 1.86. The third-order valence-corrected chi connectivity index (χ3v) is 3.89. The highest BCUT2D eigenvalue weighted by atomic mass is 16.6.